The van der Waals surface area contributed by atoms with Crippen molar-refractivity contribution in [1.29, 1.82) is 0 Å². The minimum absolute atomic E-state index is 0.0256. The molecule has 1 heterocycles. The van der Waals surface area contributed by atoms with Gasteiger partial charge in [0.25, 0.3) is 0 Å². The number of rotatable bonds is 2. The van der Waals surface area contributed by atoms with Crippen molar-refractivity contribution in [2.45, 2.75) is 6.18 Å². The second-order valence-electron chi connectivity index (χ2n) is 3.68. The van der Waals surface area contributed by atoms with Crippen LogP contribution in [-0.4, -0.2) is 20.9 Å². The highest BCUT2D eigenvalue weighted by Gasteiger charge is 2.40. The molecule has 8 heteroatoms. The van der Waals surface area contributed by atoms with Crippen molar-refractivity contribution in [2.24, 2.45) is 0 Å². The summed E-state index contributed by atoms with van der Waals surface area (Å²) >= 11 is 0. The van der Waals surface area contributed by atoms with Crippen molar-refractivity contribution >= 4 is 11.7 Å². The van der Waals surface area contributed by atoms with Crippen LogP contribution in [-0.2, 0) is 6.18 Å². The van der Waals surface area contributed by atoms with E-state index in [1.165, 1.54) is 18.2 Å². The zero-order valence-electron chi connectivity index (χ0n) is 9.35. The number of alkyl halides is 3. The zero-order valence-corrected chi connectivity index (χ0v) is 9.35. The molecule has 0 aliphatic rings. The molecule has 0 unspecified atom stereocenters. The standard InChI is InChI=1S/C11H8F3N3O2/c12-11(13,14)9-6(10(18)19)5-16-17(9)8-4-2-1-3-7(8)15/h1-5H,15H2,(H,18,19). The van der Waals surface area contributed by atoms with E-state index in [9.17, 15) is 18.0 Å². The Kier molecular flexibility index (Phi) is 2.93. The Hall–Kier alpha value is -2.51. The summed E-state index contributed by atoms with van der Waals surface area (Å²) < 4.78 is 39.3. The Labute approximate surface area is 105 Å². The number of carboxylic acids is 1. The smallest absolute Gasteiger partial charge is 0.434 e. The Morgan fingerprint density at radius 1 is 1.32 bits per heavy atom. The summed E-state index contributed by atoms with van der Waals surface area (Å²) in [6.07, 6.45) is -4.20. The number of anilines is 1. The van der Waals surface area contributed by atoms with Crippen molar-refractivity contribution in [1.82, 2.24) is 9.78 Å². The number of aromatic carboxylic acids is 1. The summed E-state index contributed by atoms with van der Waals surface area (Å²) in [7, 11) is 0. The summed E-state index contributed by atoms with van der Waals surface area (Å²) in [6.45, 7) is 0. The van der Waals surface area contributed by atoms with Crippen LogP contribution >= 0.6 is 0 Å². The van der Waals surface area contributed by atoms with Gasteiger partial charge < -0.3 is 10.8 Å². The van der Waals surface area contributed by atoms with Crippen molar-refractivity contribution in [3.63, 3.8) is 0 Å². The maximum absolute atomic E-state index is 13.0. The summed E-state index contributed by atoms with van der Waals surface area (Å²) in [5.74, 6) is -1.70. The third kappa shape index (κ3) is 2.24. The second-order valence-corrected chi connectivity index (χ2v) is 3.68. The van der Waals surface area contributed by atoms with E-state index in [2.05, 4.69) is 5.10 Å². The van der Waals surface area contributed by atoms with E-state index in [1.807, 2.05) is 0 Å². The lowest BCUT2D eigenvalue weighted by molar-refractivity contribution is -0.143. The monoisotopic (exact) mass is 271 g/mol. The topological polar surface area (TPSA) is 81.1 Å². The molecular weight excluding hydrogens is 263 g/mol. The first-order valence-corrected chi connectivity index (χ1v) is 5.05. The van der Waals surface area contributed by atoms with Gasteiger partial charge in [-0.3, -0.25) is 0 Å². The Balaban J connectivity index is 2.73. The Bertz CT molecular complexity index is 634. The number of carboxylic acid groups (broad SMARTS) is 1. The molecule has 0 amide bonds. The molecule has 0 atom stereocenters. The van der Waals surface area contributed by atoms with Crippen LogP contribution in [0.3, 0.4) is 0 Å². The highest BCUT2D eigenvalue weighted by molar-refractivity contribution is 5.89. The van der Waals surface area contributed by atoms with Gasteiger partial charge in [0.1, 0.15) is 5.56 Å². The number of nitrogens with zero attached hydrogens (tertiary/aromatic N) is 2. The number of para-hydroxylation sites is 2. The Morgan fingerprint density at radius 3 is 2.47 bits per heavy atom. The number of hydrogen-bond acceptors (Lipinski definition) is 3. The van der Waals surface area contributed by atoms with Gasteiger partial charge in [-0.05, 0) is 12.1 Å². The molecule has 0 radical (unpaired) electrons. The van der Waals surface area contributed by atoms with Crippen LogP contribution < -0.4 is 5.73 Å². The molecule has 1 aromatic heterocycles. The average Bonchev–Trinajstić information content (AvgIpc) is 2.73. The molecule has 0 aliphatic heterocycles. The second kappa shape index (κ2) is 4.30. The largest absolute Gasteiger partial charge is 0.478 e. The van der Waals surface area contributed by atoms with Crippen molar-refractivity contribution in [3.05, 3.63) is 41.7 Å². The highest BCUT2D eigenvalue weighted by Crippen LogP contribution is 2.34. The van der Waals surface area contributed by atoms with Gasteiger partial charge in [-0.1, -0.05) is 12.1 Å². The van der Waals surface area contributed by atoms with Crippen LogP contribution in [0.25, 0.3) is 5.69 Å². The average molecular weight is 271 g/mol. The molecule has 0 spiro atoms. The predicted octanol–water partition coefficient (Wildman–Crippen LogP) is 2.17. The molecule has 3 N–H and O–H groups in total. The summed E-state index contributed by atoms with van der Waals surface area (Å²) in [5.41, 5.74) is 3.33. The number of carbonyl (C=O) groups is 1. The number of halogens is 3. The summed E-state index contributed by atoms with van der Waals surface area (Å²) in [6, 6.07) is 5.75. The number of aromatic nitrogens is 2. The van der Waals surface area contributed by atoms with E-state index < -0.39 is 23.4 Å². The van der Waals surface area contributed by atoms with Gasteiger partial charge in [0, 0.05) is 0 Å². The van der Waals surface area contributed by atoms with Gasteiger partial charge in [0.05, 0.1) is 17.6 Å². The van der Waals surface area contributed by atoms with Gasteiger partial charge in [-0.25, -0.2) is 9.48 Å². The van der Waals surface area contributed by atoms with Gasteiger partial charge in [0.2, 0.25) is 0 Å². The zero-order chi connectivity index (χ0) is 14.2. The van der Waals surface area contributed by atoms with E-state index >= 15 is 0 Å². The fourth-order valence-corrected chi connectivity index (χ4v) is 1.64. The number of nitrogens with two attached hydrogens (primary N) is 1. The number of hydrogen-bond donors (Lipinski definition) is 2. The number of benzene rings is 1. The molecule has 2 aromatic rings. The predicted molar refractivity (Wildman–Crippen MR) is 59.9 cm³/mol. The lowest BCUT2D eigenvalue weighted by Gasteiger charge is -2.12. The minimum Gasteiger partial charge on any atom is -0.478 e. The van der Waals surface area contributed by atoms with Crippen LogP contribution in [0, 0.1) is 0 Å². The van der Waals surface area contributed by atoms with E-state index in [0.717, 1.165) is 0 Å². The fourth-order valence-electron chi connectivity index (χ4n) is 1.64. The van der Waals surface area contributed by atoms with Gasteiger partial charge in [0.15, 0.2) is 5.69 Å². The Morgan fingerprint density at radius 2 is 1.95 bits per heavy atom. The quantitative estimate of drug-likeness (QED) is 0.820. The van der Waals surface area contributed by atoms with Crippen LogP contribution in [0.15, 0.2) is 30.5 Å². The first-order chi connectivity index (χ1) is 8.82. The van der Waals surface area contributed by atoms with E-state index in [-0.39, 0.29) is 11.4 Å². The first kappa shape index (κ1) is 12.9. The summed E-state index contributed by atoms with van der Waals surface area (Å²) in [4.78, 5) is 10.8. The summed E-state index contributed by atoms with van der Waals surface area (Å²) in [5, 5.41) is 12.2. The molecular formula is C11H8F3N3O2. The molecule has 1 aromatic carbocycles. The minimum atomic E-state index is -4.85. The van der Waals surface area contributed by atoms with Gasteiger partial charge >= 0.3 is 12.1 Å². The molecule has 19 heavy (non-hydrogen) atoms. The third-order valence-corrected chi connectivity index (χ3v) is 2.43. The maximum atomic E-state index is 13.0. The highest BCUT2D eigenvalue weighted by atomic mass is 19.4. The van der Waals surface area contributed by atoms with E-state index in [4.69, 9.17) is 10.8 Å². The molecule has 0 fully saturated rings. The van der Waals surface area contributed by atoms with Crippen LogP contribution in [0.4, 0.5) is 18.9 Å². The van der Waals surface area contributed by atoms with Gasteiger partial charge in [-0.2, -0.15) is 18.3 Å². The van der Waals surface area contributed by atoms with Gasteiger partial charge in [-0.15, -0.1) is 0 Å². The van der Waals surface area contributed by atoms with Crippen LogP contribution in [0.2, 0.25) is 0 Å². The van der Waals surface area contributed by atoms with Crippen LogP contribution in [0.1, 0.15) is 16.1 Å². The lowest BCUT2D eigenvalue weighted by Crippen LogP contribution is -2.18. The molecule has 100 valence electrons. The molecule has 0 bridgehead atoms. The first-order valence-electron chi connectivity index (χ1n) is 5.05. The molecule has 0 saturated carbocycles. The maximum Gasteiger partial charge on any atom is 0.434 e. The van der Waals surface area contributed by atoms with Crippen molar-refractivity contribution < 1.29 is 23.1 Å². The van der Waals surface area contributed by atoms with Crippen LogP contribution in [0.5, 0.6) is 0 Å². The van der Waals surface area contributed by atoms with Crippen molar-refractivity contribution in [3.8, 4) is 5.69 Å². The number of nitrogen functional groups attached to an aromatic ring is 1. The molecule has 0 aliphatic carbocycles. The molecule has 5 nitrogen and oxygen atoms in total. The normalized spacial score (nSPS) is 11.5. The molecule has 0 saturated heterocycles. The fraction of sp³-hybridized carbons (Fsp3) is 0.0909. The van der Waals surface area contributed by atoms with E-state index in [0.29, 0.717) is 10.9 Å². The van der Waals surface area contributed by atoms with E-state index in [1.54, 1.807) is 6.07 Å². The SMILES string of the molecule is Nc1ccccc1-n1ncc(C(=O)O)c1C(F)(F)F. The lowest BCUT2D eigenvalue weighted by atomic mass is 10.2. The molecule has 2 rings (SSSR count). The third-order valence-electron chi connectivity index (χ3n) is 2.43. The van der Waals surface area contributed by atoms with Crippen molar-refractivity contribution in [2.75, 3.05) is 5.73 Å².